The Morgan fingerprint density at radius 1 is 1.35 bits per heavy atom. The van der Waals surface area contributed by atoms with Crippen LogP contribution in [0.25, 0.3) is 0 Å². The predicted octanol–water partition coefficient (Wildman–Crippen LogP) is 2.65. The van der Waals surface area contributed by atoms with Crippen molar-refractivity contribution < 1.29 is 4.74 Å². The zero-order chi connectivity index (χ0) is 14.2. The van der Waals surface area contributed by atoms with Crippen LogP contribution in [-0.2, 0) is 4.74 Å². The normalized spacial score (nSPS) is 36.3. The maximum absolute atomic E-state index is 5.94. The maximum Gasteiger partial charge on any atom is 0.0661 e. The monoisotopic (exact) mass is 280 g/mol. The maximum atomic E-state index is 5.94. The van der Waals surface area contributed by atoms with Gasteiger partial charge in [0.05, 0.1) is 6.10 Å². The zero-order valence-corrected chi connectivity index (χ0v) is 13.5. The number of ether oxygens (including phenoxy) is 1. The third kappa shape index (κ3) is 2.53. The summed E-state index contributed by atoms with van der Waals surface area (Å²) in [6.45, 7) is 11.4. The van der Waals surface area contributed by atoms with Crippen molar-refractivity contribution in [2.24, 2.45) is 11.3 Å². The van der Waals surface area contributed by atoms with Crippen LogP contribution in [0.15, 0.2) is 0 Å². The van der Waals surface area contributed by atoms with E-state index in [1.54, 1.807) is 0 Å². The van der Waals surface area contributed by atoms with Gasteiger partial charge in [-0.25, -0.2) is 0 Å². The first-order valence-corrected chi connectivity index (χ1v) is 8.74. The van der Waals surface area contributed by atoms with Gasteiger partial charge in [0.2, 0.25) is 0 Å². The summed E-state index contributed by atoms with van der Waals surface area (Å²) in [5.41, 5.74) is 0.520. The van der Waals surface area contributed by atoms with Gasteiger partial charge in [-0.2, -0.15) is 0 Å². The Kier molecular flexibility index (Phi) is 4.40. The van der Waals surface area contributed by atoms with E-state index in [9.17, 15) is 0 Å². The second kappa shape index (κ2) is 5.94. The highest BCUT2D eigenvalue weighted by atomic mass is 16.5. The Morgan fingerprint density at radius 2 is 2.15 bits per heavy atom. The molecule has 0 aromatic heterocycles. The Labute approximate surface area is 124 Å². The Hall–Kier alpha value is -0.120. The van der Waals surface area contributed by atoms with E-state index in [0.717, 1.165) is 18.6 Å². The van der Waals surface area contributed by atoms with Crippen LogP contribution in [0.1, 0.15) is 52.9 Å². The summed E-state index contributed by atoms with van der Waals surface area (Å²) in [5.74, 6) is 0.862. The van der Waals surface area contributed by atoms with Gasteiger partial charge in [0.1, 0.15) is 0 Å². The minimum Gasteiger partial charge on any atom is -0.378 e. The topological polar surface area (TPSA) is 24.5 Å². The minimum absolute atomic E-state index is 0.520. The molecule has 0 radical (unpaired) electrons. The molecule has 20 heavy (non-hydrogen) atoms. The molecule has 3 atom stereocenters. The molecular weight excluding hydrogens is 248 g/mol. The first-order chi connectivity index (χ1) is 9.65. The van der Waals surface area contributed by atoms with Gasteiger partial charge in [-0.15, -0.1) is 0 Å². The van der Waals surface area contributed by atoms with Gasteiger partial charge < -0.3 is 15.0 Å². The van der Waals surface area contributed by atoms with Crippen molar-refractivity contribution >= 4 is 0 Å². The predicted molar refractivity (Wildman–Crippen MR) is 82.9 cm³/mol. The summed E-state index contributed by atoms with van der Waals surface area (Å²) in [4.78, 5) is 2.62. The highest BCUT2D eigenvalue weighted by Crippen LogP contribution is 2.57. The van der Waals surface area contributed by atoms with Crippen LogP contribution >= 0.6 is 0 Å². The van der Waals surface area contributed by atoms with E-state index in [0.29, 0.717) is 17.6 Å². The van der Waals surface area contributed by atoms with Crippen LogP contribution in [0, 0.1) is 11.3 Å². The van der Waals surface area contributed by atoms with Crippen LogP contribution in [0.2, 0.25) is 0 Å². The molecule has 0 aromatic rings. The summed E-state index contributed by atoms with van der Waals surface area (Å²) in [7, 11) is 0. The van der Waals surface area contributed by atoms with E-state index in [1.165, 1.54) is 51.7 Å². The van der Waals surface area contributed by atoms with Gasteiger partial charge in [-0.05, 0) is 65.5 Å². The van der Waals surface area contributed by atoms with Crippen LogP contribution in [0.5, 0.6) is 0 Å². The molecule has 2 saturated carbocycles. The fourth-order valence-corrected chi connectivity index (χ4v) is 4.53. The molecule has 1 N–H and O–H groups in total. The summed E-state index contributed by atoms with van der Waals surface area (Å²) < 4.78 is 5.94. The van der Waals surface area contributed by atoms with Gasteiger partial charge in [-0.1, -0.05) is 6.42 Å². The molecule has 3 fully saturated rings. The van der Waals surface area contributed by atoms with Gasteiger partial charge in [0.15, 0.2) is 0 Å². The van der Waals surface area contributed by atoms with Gasteiger partial charge in [0.25, 0.3) is 0 Å². The van der Waals surface area contributed by atoms with E-state index in [1.807, 2.05) is 0 Å². The van der Waals surface area contributed by atoms with Crippen molar-refractivity contribution in [3.63, 3.8) is 0 Å². The lowest BCUT2D eigenvalue weighted by Crippen LogP contribution is -2.67. The number of hydrogen-bond donors (Lipinski definition) is 1. The van der Waals surface area contributed by atoms with E-state index < -0.39 is 0 Å². The number of rotatable bonds is 6. The summed E-state index contributed by atoms with van der Waals surface area (Å²) in [6.07, 6.45) is 7.35. The highest BCUT2D eigenvalue weighted by Gasteiger charge is 2.58. The molecule has 3 rings (SSSR count). The number of nitrogens with one attached hydrogen (secondary N) is 1. The molecule has 2 aliphatic carbocycles. The van der Waals surface area contributed by atoms with Gasteiger partial charge in [-0.3, -0.25) is 0 Å². The molecule has 0 bridgehead atoms. The highest BCUT2D eigenvalue weighted by molar-refractivity contribution is 5.12. The molecule has 116 valence electrons. The Balaban J connectivity index is 1.44. The molecule has 1 heterocycles. The molecular formula is C17H32N2O. The molecule has 3 nitrogen and oxygen atoms in total. The van der Waals surface area contributed by atoms with Crippen molar-refractivity contribution in [2.75, 3.05) is 26.2 Å². The fourth-order valence-electron chi connectivity index (χ4n) is 4.53. The largest absolute Gasteiger partial charge is 0.378 e. The first-order valence-electron chi connectivity index (χ1n) is 8.74. The first kappa shape index (κ1) is 14.8. The molecule has 3 aliphatic rings. The van der Waals surface area contributed by atoms with E-state index in [4.69, 9.17) is 4.74 Å². The summed E-state index contributed by atoms with van der Waals surface area (Å²) in [5, 5.41) is 3.90. The summed E-state index contributed by atoms with van der Waals surface area (Å²) in [6, 6.07) is 1.45. The van der Waals surface area contributed by atoms with E-state index in [2.05, 4.69) is 31.0 Å². The standard InChI is InChI=1S/C17H32N2O/c1-4-20-16-10-15(17(16)7-5-8-17)18-11-14-6-9-19(12-14)13(2)3/h13-16,18H,4-12H2,1-3H3. The molecule has 1 saturated heterocycles. The van der Waals surface area contributed by atoms with E-state index in [-0.39, 0.29) is 0 Å². The minimum atomic E-state index is 0.520. The van der Waals surface area contributed by atoms with Crippen molar-refractivity contribution in [2.45, 2.75) is 71.1 Å². The van der Waals surface area contributed by atoms with E-state index >= 15 is 0 Å². The number of hydrogen-bond acceptors (Lipinski definition) is 3. The lowest BCUT2D eigenvalue weighted by molar-refractivity contribution is -0.173. The van der Waals surface area contributed by atoms with Crippen molar-refractivity contribution in [1.29, 1.82) is 0 Å². The fraction of sp³-hybridized carbons (Fsp3) is 1.00. The smallest absolute Gasteiger partial charge is 0.0661 e. The van der Waals surface area contributed by atoms with Crippen LogP contribution < -0.4 is 5.32 Å². The SMILES string of the molecule is CCOC1CC(NCC2CCN(C(C)C)C2)C12CCC2. The van der Waals surface area contributed by atoms with Crippen LogP contribution in [-0.4, -0.2) is 49.3 Å². The van der Waals surface area contributed by atoms with Crippen LogP contribution in [0.4, 0.5) is 0 Å². The molecule has 0 amide bonds. The van der Waals surface area contributed by atoms with Crippen molar-refractivity contribution in [1.82, 2.24) is 10.2 Å². The second-order valence-electron chi connectivity index (χ2n) is 7.47. The number of likely N-dealkylation sites (tertiary alicyclic amines) is 1. The molecule has 3 unspecified atom stereocenters. The third-order valence-corrected chi connectivity index (χ3v) is 6.14. The zero-order valence-electron chi connectivity index (χ0n) is 13.5. The molecule has 3 heteroatoms. The van der Waals surface area contributed by atoms with Gasteiger partial charge in [0, 0.05) is 30.7 Å². The molecule has 1 aliphatic heterocycles. The lowest BCUT2D eigenvalue weighted by atomic mass is 9.51. The lowest BCUT2D eigenvalue weighted by Gasteiger charge is -2.61. The Morgan fingerprint density at radius 3 is 2.70 bits per heavy atom. The quantitative estimate of drug-likeness (QED) is 0.809. The van der Waals surface area contributed by atoms with Gasteiger partial charge >= 0.3 is 0 Å². The average molecular weight is 280 g/mol. The molecule has 0 aromatic carbocycles. The van der Waals surface area contributed by atoms with Crippen LogP contribution in [0.3, 0.4) is 0 Å². The van der Waals surface area contributed by atoms with Crippen molar-refractivity contribution in [3.05, 3.63) is 0 Å². The second-order valence-corrected chi connectivity index (χ2v) is 7.47. The Bertz CT molecular complexity index is 327. The number of nitrogens with zero attached hydrogens (tertiary/aromatic N) is 1. The molecule has 1 spiro atoms. The summed E-state index contributed by atoms with van der Waals surface area (Å²) >= 11 is 0. The third-order valence-electron chi connectivity index (χ3n) is 6.14. The average Bonchev–Trinajstić information content (AvgIpc) is 2.79. The van der Waals surface area contributed by atoms with Crippen molar-refractivity contribution in [3.8, 4) is 0 Å².